The van der Waals surface area contributed by atoms with Gasteiger partial charge in [0.2, 0.25) is 5.17 Å². The van der Waals surface area contributed by atoms with E-state index in [-0.39, 0.29) is 17.2 Å². The number of halogens is 2. The van der Waals surface area contributed by atoms with Gasteiger partial charge in [0.25, 0.3) is 5.91 Å². The molecule has 0 radical (unpaired) electrons. The molecule has 1 amide bonds. The van der Waals surface area contributed by atoms with Crippen molar-refractivity contribution < 1.29 is 9.18 Å². The van der Waals surface area contributed by atoms with E-state index in [2.05, 4.69) is 10.1 Å². The molecule has 0 atom stereocenters. The smallest absolute Gasteiger partial charge is 0.282 e. The first-order valence-electron chi connectivity index (χ1n) is 7.99. The highest BCUT2D eigenvalue weighted by molar-refractivity contribution is 8.26. The van der Waals surface area contributed by atoms with Crippen LogP contribution in [0.5, 0.6) is 0 Å². The summed E-state index contributed by atoms with van der Waals surface area (Å²) >= 11 is 7.16. The van der Waals surface area contributed by atoms with E-state index < -0.39 is 5.91 Å². The molecule has 134 valence electrons. The average molecular weight is 399 g/mol. The maximum absolute atomic E-state index is 13.1. The molecule has 0 saturated heterocycles. The Hall–Kier alpha value is -2.77. The normalized spacial score (nSPS) is 17.9. The Kier molecular flexibility index (Phi) is 4.63. The third-order valence-corrected chi connectivity index (χ3v) is 5.11. The fraction of sp³-hybridized carbons (Fsp3) is 0.0526. The van der Waals surface area contributed by atoms with Crippen LogP contribution in [0.2, 0.25) is 5.02 Å². The highest BCUT2D eigenvalue weighted by atomic mass is 35.5. The highest BCUT2D eigenvalue weighted by Crippen LogP contribution is 2.29. The molecule has 2 aliphatic heterocycles. The Bertz CT molecular complexity index is 1030. The average Bonchev–Trinajstić information content (AvgIpc) is 3.04. The molecule has 0 unspecified atom stereocenters. The maximum Gasteiger partial charge on any atom is 0.283 e. The van der Waals surface area contributed by atoms with Gasteiger partial charge in [-0.05, 0) is 53.2 Å². The third kappa shape index (κ3) is 3.70. The van der Waals surface area contributed by atoms with E-state index >= 15 is 0 Å². The summed E-state index contributed by atoms with van der Waals surface area (Å²) in [5.41, 5.74) is 1.74. The van der Waals surface area contributed by atoms with E-state index in [9.17, 15) is 9.18 Å². The van der Waals surface area contributed by atoms with Crippen molar-refractivity contribution in [1.29, 1.82) is 5.41 Å². The number of carbonyl (C=O) groups is 1. The molecule has 8 heteroatoms. The van der Waals surface area contributed by atoms with Gasteiger partial charge < -0.3 is 0 Å². The van der Waals surface area contributed by atoms with Crippen molar-refractivity contribution >= 4 is 51.4 Å². The standard InChI is InChI=1S/C19H12ClFN4OS/c20-13-5-1-12(2-6-13)10-16-24-25-17(22)15(18(26)23-19(25)27-16)9-11-3-7-14(21)8-4-11/h1-9,22H,10H2/b15-9-,22-17?. The van der Waals surface area contributed by atoms with E-state index in [4.69, 9.17) is 17.0 Å². The number of amidine groups is 2. The second-order valence-corrected chi connectivity index (χ2v) is 7.35. The van der Waals surface area contributed by atoms with Gasteiger partial charge in [0.15, 0.2) is 5.84 Å². The van der Waals surface area contributed by atoms with Crippen molar-refractivity contribution in [2.45, 2.75) is 6.42 Å². The Morgan fingerprint density at radius 2 is 1.85 bits per heavy atom. The molecule has 1 N–H and O–H groups in total. The number of hydrogen-bond acceptors (Lipinski definition) is 4. The quantitative estimate of drug-likeness (QED) is 0.782. The summed E-state index contributed by atoms with van der Waals surface area (Å²) in [6.45, 7) is 0. The fourth-order valence-electron chi connectivity index (χ4n) is 2.61. The summed E-state index contributed by atoms with van der Waals surface area (Å²) in [4.78, 5) is 16.4. The zero-order valence-corrected chi connectivity index (χ0v) is 15.4. The van der Waals surface area contributed by atoms with Crippen molar-refractivity contribution in [1.82, 2.24) is 5.01 Å². The lowest BCUT2D eigenvalue weighted by Gasteiger charge is -2.20. The van der Waals surface area contributed by atoms with Gasteiger partial charge >= 0.3 is 0 Å². The lowest BCUT2D eigenvalue weighted by atomic mass is 10.1. The first-order valence-corrected chi connectivity index (χ1v) is 9.18. The van der Waals surface area contributed by atoms with Crippen molar-refractivity contribution in [3.05, 3.63) is 76.1 Å². The number of aliphatic imine (C=N–C) groups is 1. The molecule has 4 rings (SSSR count). The first-order chi connectivity index (χ1) is 13.0. The van der Waals surface area contributed by atoms with Crippen LogP contribution in [0.25, 0.3) is 6.08 Å². The molecule has 2 aliphatic rings. The second-order valence-electron chi connectivity index (χ2n) is 5.87. The molecular weight excluding hydrogens is 387 g/mol. The van der Waals surface area contributed by atoms with Crippen LogP contribution in [0.3, 0.4) is 0 Å². The summed E-state index contributed by atoms with van der Waals surface area (Å²) in [7, 11) is 0. The van der Waals surface area contributed by atoms with Gasteiger partial charge in [0, 0.05) is 11.4 Å². The minimum atomic E-state index is -0.508. The number of hydrazone groups is 1. The number of amides is 1. The van der Waals surface area contributed by atoms with Crippen LogP contribution >= 0.6 is 23.4 Å². The summed E-state index contributed by atoms with van der Waals surface area (Å²) in [6.07, 6.45) is 2.07. The molecule has 0 saturated carbocycles. The van der Waals surface area contributed by atoms with Crippen molar-refractivity contribution in [3.63, 3.8) is 0 Å². The number of benzene rings is 2. The maximum atomic E-state index is 13.1. The van der Waals surface area contributed by atoms with Gasteiger partial charge in [-0.15, -0.1) is 0 Å². The zero-order valence-electron chi connectivity index (χ0n) is 13.8. The molecule has 0 aliphatic carbocycles. The summed E-state index contributed by atoms with van der Waals surface area (Å²) < 4.78 is 13.1. The SMILES string of the molecule is N=C1/C(=C/c2ccc(F)cc2)C(=O)N=C2SC(Cc3ccc(Cl)cc3)=NN12. The van der Waals surface area contributed by atoms with E-state index in [1.807, 2.05) is 12.1 Å². The van der Waals surface area contributed by atoms with Gasteiger partial charge in [-0.1, -0.05) is 35.9 Å². The fourth-order valence-corrected chi connectivity index (χ4v) is 3.65. The van der Waals surface area contributed by atoms with Gasteiger partial charge in [0.05, 0.1) is 5.57 Å². The highest BCUT2D eigenvalue weighted by Gasteiger charge is 2.35. The molecule has 27 heavy (non-hydrogen) atoms. The predicted octanol–water partition coefficient (Wildman–Crippen LogP) is 4.34. The van der Waals surface area contributed by atoms with Crippen molar-refractivity contribution in [3.8, 4) is 0 Å². The number of nitrogens with zero attached hydrogens (tertiary/aromatic N) is 3. The van der Waals surface area contributed by atoms with Crippen LogP contribution in [0, 0.1) is 11.2 Å². The van der Waals surface area contributed by atoms with E-state index in [0.29, 0.717) is 22.2 Å². The Balaban J connectivity index is 1.59. The van der Waals surface area contributed by atoms with Crippen LogP contribution in [0.15, 0.2) is 64.2 Å². The number of fused-ring (bicyclic) bond motifs is 1. The zero-order chi connectivity index (χ0) is 19.0. The first kappa shape index (κ1) is 17.6. The predicted molar refractivity (Wildman–Crippen MR) is 107 cm³/mol. The number of hydrogen-bond donors (Lipinski definition) is 1. The molecule has 0 bridgehead atoms. The Morgan fingerprint density at radius 3 is 2.56 bits per heavy atom. The number of nitrogens with one attached hydrogen (secondary N) is 1. The molecule has 0 spiro atoms. The van der Waals surface area contributed by atoms with Crippen LogP contribution in [-0.4, -0.2) is 27.0 Å². The third-order valence-electron chi connectivity index (χ3n) is 3.95. The molecule has 0 aromatic heterocycles. The number of carbonyl (C=O) groups excluding carboxylic acids is 1. The van der Waals surface area contributed by atoms with Gasteiger partial charge in [-0.3, -0.25) is 10.2 Å². The monoisotopic (exact) mass is 398 g/mol. The van der Waals surface area contributed by atoms with E-state index in [1.54, 1.807) is 12.1 Å². The lowest BCUT2D eigenvalue weighted by Crippen LogP contribution is -2.35. The summed E-state index contributed by atoms with van der Waals surface area (Å²) in [5.74, 6) is -0.922. The molecule has 2 heterocycles. The Morgan fingerprint density at radius 1 is 1.15 bits per heavy atom. The van der Waals surface area contributed by atoms with Crippen LogP contribution < -0.4 is 0 Å². The summed E-state index contributed by atoms with van der Waals surface area (Å²) in [5, 5.41) is 15.9. The molecule has 2 aromatic rings. The second kappa shape index (κ2) is 7.09. The van der Waals surface area contributed by atoms with Crippen molar-refractivity contribution in [2.24, 2.45) is 10.1 Å². The number of rotatable bonds is 3. The van der Waals surface area contributed by atoms with Gasteiger partial charge in [-0.25, -0.2) is 4.39 Å². The van der Waals surface area contributed by atoms with Crippen LogP contribution in [0.1, 0.15) is 11.1 Å². The minimum absolute atomic E-state index is 0.0482. The largest absolute Gasteiger partial charge is 0.283 e. The number of thioether (sulfide) groups is 1. The van der Waals surface area contributed by atoms with E-state index in [0.717, 1.165) is 10.6 Å². The molecular formula is C19H12ClFN4OS. The molecule has 2 aromatic carbocycles. The van der Waals surface area contributed by atoms with Gasteiger partial charge in [0.1, 0.15) is 10.9 Å². The minimum Gasteiger partial charge on any atom is -0.282 e. The van der Waals surface area contributed by atoms with Crippen molar-refractivity contribution in [2.75, 3.05) is 0 Å². The Labute approximate surface area is 163 Å². The molecule has 5 nitrogen and oxygen atoms in total. The van der Waals surface area contributed by atoms with E-state index in [1.165, 1.54) is 47.1 Å². The topological polar surface area (TPSA) is 68.9 Å². The van der Waals surface area contributed by atoms with Crippen LogP contribution in [0.4, 0.5) is 4.39 Å². The lowest BCUT2D eigenvalue weighted by molar-refractivity contribution is -0.114. The molecule has 0 fully saturated rings. The van der Waals surface area contributed by atoms with Crippen LogP contribution in [-0.2, 0) is 11.2 Å². The summed E-state index contributed by atoms with van der Waals surface area (Å²) in [6, 6.07) is 13.1. The van der Waals surface area contributed by atoms with Gasteiger partial charge in [-0.2, -0.15) is 15.1 Å².